The fourth-order valence-corrected chi connectivity index (χ4v) is 10.2. The molecular weight excluding hydrogens is 683 g/mol. The Balaban J connectivity index is 0.992. The summed E-state index contributed by atoms with van der Waals surface area (Å²) in [6.45, 7) is 1.92. The molecule has 0 saturated heterocycles. The quantitative estimate of drug-likeness (QED) is 0.180. The van der Waals surface area contributed by atoms with Gasteiger partial charge in [-0.05, 0) is 112 Å². The number of para-hydroxylation sites is 2. The Morgan fingerprint density at radius 2 is 1.29 bits per heavy atom. The number of allylic oxidation sites excluding steroid dienone is 2. The minimum absolute atomic E-state index is 0.509. The van der Waals surface area contributed by atoms with Crippen molar-refractivity contribution in [2.75, 3.05) is 6.54 Å². The number of pyridine rings is 1. The highest BCUT2D eigenvalue weighted by Crippen LogP contribution is 2.58. The topological polar surface area (TPSA) is 48.9 Å². The summed E-state index contributed by atoms with van der Waals surface area (Å²) in [6, 6.07) is 53.8. The first-order chi connectivity index (χ1) is 27.8. The Kier molecular flexibility index (Phi) is 6.70. The van der Waals surface area contributed by atoms with Gasteiger partial charge in [0.2, 0.25) is 0 Å². The van der Waals surface area contributed by atoms with Gasteiger partial charge in [-0.2, -0.15) is 0 Å². The Labute approximate surface area is 324 Å². The maximum absolute atomic E-state index is 4.59. The predicted molar refractivity (Wildman–Crippen MR) is 230 cm³/mol. The Morgan fingerprint density at radius 3 is 2.04 bits per heavy atom. The minimum atomic E-state index is -0.509. The van der Waals surface area contributed by atoms with Gasteiger partial charge >= 0.3 is 0 Å². The summed E-state index contributed by atoms with van der Waals surface area (Å²) < 4.78 is 9.47. The van der Waals surface area contributed by atoms with Crippen molar-refractivity contribution in [2.45, 2.75) is 18.4 Å². The molecule has 6 aromatic carbocycles. The van der Waals surface area contributed by atoms with Crippen LogP contribution in [-0.4, -0.2) is 33.1 Å². The molecule has 0 amide bonds. The number of rotatable bonds is 5. The van der Waals surface area contributed by atoms with E-state index in [-0.39, 0.29) is 0 Å². The third-order valence-electron chi connectivity index (χ3n) is 12.5. The minimum Gasteiger partial charge on any atom is -0.312 e. The van der Waals surface area contributed by atoms with E-state index in [0.29, 0.717) is 0 Å². The summed E-state index contributed by atoms with van der Waals surface area (Å²) in [5.74, 6) is 0. The van der Waals surface area contributed by atoms with Gasteiger partial charge in [-0.3, -0.25) is 4.98 Å². The molecule has 1 N–H and O–H groups in total. The van der Waals surface area contributed by atoms with Gasteiger partial charge in [-0.25, -0.2) is 0 Å². The Bertz CT molecular complexity index is 3160. The molecule has 9 aromatic rings. The maximum atomic E-state index is 4.59. The second-order valence-electron chi connectivity index (χ2n) is 15.1. The Morgan fingerprint density at radius 1 is 0.607 bits per heavy atom. The van der Waals surface area contributed by atoms with E-state index >= 15 is 0 Å². The fourth-order valence-electron chi connectivity index (χ4n) is 10.2. The zero-order chi connectivity index (χ0) is 36.8. The molecule has 0 radical (unpaired) electrons. The van der Waals surface area contributed by atoms with Crippen LogP contribution in [0.5, 0.6) is 0 Å². The van der Waals surface area contributed by atoms with E-state index in [1.165, 1.54) is 94.2 Å². The van der Waals surface area contributed by atoms with Gasteiger partial charge in [-0.15, -0.1) is 4.67 Å². The number of aromatic nitrogens is 3. The highest BCUT2D eigenvalue weighted by molar-refractivity contribution is 6.19. The van der Waals surface area contributed by atoms with Crippen LogP contribution in [-0.2, 0) is 18.4 Å². The third kappa shape index (κ3) is 4.24. The zero-order valence-electron chi connectivity index (χ0n) is 30.7. The normalized spacial score (nSPS) is 16.8. The number of benzene rings is 6. The molecule has 1 aliphatic carbocycles. The molecular formula is C51H36N5+. The van der Waals surface area contributed by atoms with Crippen LogP contribution >= 0.6 is 0 Å². The molecule has 5 nitrogen and oxygen atoms in total. The summed E-state index contributed by atoms with van der Waals surface area (Å²) >= 11 is 0. The molecule has 0 spiro atoms. The van der Waals surface area contributed by atoms with Crippen LogP contribution in [0, 0.1) is 0 Å². The lowest BCUT2D eigenvalue weighted by atomic mass is 9.67. The van der Waals surface area contributed by atoms with Gasteiger partial charge in [0.25, 0.3) is 12.4 Å². The number of fused-ring (bicyclic) bond motifs is 10. The van der Waals surface area contributed by atoms with E-state index in [9.17, 15) is 0 Å². The van der Waals surface area contributed by atoms with Crippen molar-refractivity contribution in [1.29, 1.82) is 0 Å². The molecule has 5 heteroatoms. The van der Waals surface area contributed by atoms with E-state index in [1.54, 1.807) is 0 Å². The molecule has 0 fully saturated rings. The largest absolute Gasteiger partial charge is 0.312 e. The average molecular weight is 719 g/mol. The molecule has 1 atom stereocenters. The molecule has 3 aliphatic rings. The lowest BCUT2D eigenvalue weighted by Gasteiger charge is -2.31. The number of nitrogens with one attached hydrogen (secondary N) is 1. The van der Waals surface area contributed by atoms with Crippen molar-refractivity contribution in [2.24, 2.45) is 0 Å². The van der Waals surface area contributed by atoms with Crippen molar-refractivity contribution < 1.29 is 0 Å². The van der Waals surface area contributed by atoms with E-state index in [4.69, 9.17) is 0 Å². The van der Waals surface area contributed by atoms with E-state index in [0.717, 1.165) is 25.2 Å². The van der Waals surface area contributed by atoms with Gasteiger partial charge in [0.05, 0.1) is 27.5 Å². The molecule has 0 bridgehead atoms. The van der Waals surface area contributed by atoms with Gasteiger partial charge in [0, 0.05) is 58.2 Å². The summed E-state index contributed by atoms with van der Waals surface area (Å²) in [5, 5.41) is 7.48. The van der Waals surface area contributed by atoms with Crippen LogP contribution in [0.4, 0.5) is 0 Å². The predicted octanol–water partition coefficient (Wildman–Crippen LogP) is 9.90. The van der Waals surface area contributed by atoms with Crippen molar-refractivity contribution in [1.82, 2.24) is 24.1 Å². The molecule has 2 aliphatic heterocycles. The zero-order valence-corrected chi connectivity index (χ0v) is 30.7. The highest BCUT2D eigenvalue weighted by atomic mass is 15.0. The van der Waals surface area contributed by atoms with Crippen LogP contribution < -0.4 is 9.98 Å². The first-order valence-electron chi connectivity index (χ1n) is 19.5. The van der Waals surface area contributed by atoms with Crippen LogP contribution in [0.15, 0.2) is 170 Å². The van der Waals surface area contributed by atoms with E-state index in [2.05, 4.69) is 176 Å². The molecule has 0 saturated carbocycles. The van der Waals surface area contributed by atoms with Crippen molar-refractivity contribution in [3.8, 4) is 33.6 Å². The van der Waals surface area contributed by atoms with Gasteiger partial charge < -0.3 is 14.5 Å². The van der Waals surface area contributed by atoms with Crippen molar-refractivity contribution in [3.63, 3.8) is 0 Å². The summed E-state index contributed by atoms with van der Waals surface area (Å²) in [4.78, 5) is 4.41. The molecule has 264 valence electrons. The second-order valence-corrected chi connectivity index (χ2v) is 15.1. The van der Waals surface area contributed by atoms with Crippen LogP contribution in [0.2, 0.25) is 0 Å². The standard InChI is InChI=1S/C51H36N5/c1-4-10-43-41(8-1)49-44(51(43,36-25-29-53-31-36)35-23-27-52-28-24-35)21-22-47-50(49)42-9-3-6-12-46(42)55(47)37-17-13-33(14-18-37)34-15-19-38(20-16-34)56-45-11-5-2-7-39(45)40-26-30-54-32-48(40)56/h1-25,27-29,31,54H,26,30,32H2/q+1. The lowest BCUT2D eigenvalue weighted by molar-refractivity contribution is 0.625. The van der Waals surface area contributed by atoms with Gasteiger partial charge in [0.1, 0.15) is 0 Å². The van der Waals surface area contributed by atoms with Crippen LogP contribution in [0.3, 0.4) is 0 Å². The molecule has 12 rings (SSSR count). The van der Waals surface area contributed by atoms with E-state index < -0.39 is 5.41 Å². The average Bonchev–Trinajstić information content (AvgIpc) is 4.06. The first kappa shape index (κ1) is 31.3. The fraction of sp³-hybridized carbons (Fsp3) is 0.0784. The van der Waals surface area contributed by atoms with Crippen molar-refractivity contribution >= 4 is 45.1 Å². The summed E-state index contributed by atoms with van der Waals surface area (Å²) in [6.07, 6.45) is 11.0. The first-order valence-corrected chi connectivity index (χ1v) is 19.5. The maximum Gasteiger partial charge on any atom is 0.297 e. The Hall–Kier alpha value is -7.04. The number of nitrogens with zero attached hydrogens (tertiary/aromatic N) is 4. The van der Waals surface area contributed by atoms with E-state index in [1.807, 2.05) is 24.8 Å². The molecule has 5 heterocycles. The van der Waals surface area contributed by atoms with Crippen LogP contribution in [0.25, 0.3) is 66.3 Å². The molecule has 1 unspecified atom stereocenters. The monoisotopic (exact) mass is 718 g/mol. The SMILES string of the molecule is C1=[N+]=CC(C2(c3ccncc3)c3ccccc3-c3c2ccc2c3c3ccccc3n2-c2ccc(-c3ccc(-n4c5c(c6ccccc64)CCNC5)cc3)cc2)=C1. The third-order valence-corrected chi connectivity index (χ3v) is 12.5. The van der Waals surface area contributed by atoms with Crippen molar-refractivity contribution in [3.05, 3.63) is 198 Å². The number of hydrogen-bond acceptors (Lipinski definition) is 2. The molecule has 56 heavy (non-hydrogen) atoms. The highest BCUT2D eigenvalue weighted by Gasteiger charge is 2.50. The van der Waals surface area contributed by atoms with Crippen LogP contribution in [0.1, 0.15) is 27.9 Å². The number of hydrogen-bond donors (Lipinski definition) is 1. The smallest absolute Gasteiger partial charge is 0.297 e. The van der Waals surface area contributed by atoms with Gasteiger partial charge in [-0.1, -0.05) is 91.0 Å². The summed E-state index contributed by atoms with van der Waals surface area (Å²) in [5.41, 5.74) is 18.2. The summed E-state index contributed by atoms with van der Waals surface area (Å²) in [7, 11) is 0. The van der Waals surface area contributed by atoms with Gasteiger partial charge in [0.15, 0.2) is 0 Å². The molecule has 3 aromatic heterocycles. The second kappa shape index (κ2) is 12.0. The lowest BCUT2D eigenvalue weighted by Crippen LogP contribution is -2.30.